The van der Waals surface area contributed by atoms with E-state index in [1.165, 1.54) is 40.1 Å². The lowest BCUT2D eigenvalue weighted by atomic mass is 10.0. The standard InChI is InChI=1S/C36H45ClN4O9S/c1-23-19-41(24(2)21-42)35(43)30-17-28(39-51(45,46)29-12-8-26(37)9-13-29)11-14-31(30)50-25(3)7-5-6-16-47-34(23)20-40(4)36(44)38-27-10-15-32-33(18-27)49-22-48-32/h8-15,17-18,23-25,34,39,42H,5-7,16,19-22H2,1-4H3,(H,38,44)/t23-,24+,25+,34-/m1/s1. The maximum atomic E-state index is 14.4. The smallest absolute Gasteiger partial charge is 0.321 e. The van der Waals surface area contributed by atoms with Crippen LogP contribution in [0.2, 0.25) is 5.02 Å². The van der Waals surface area contributed by atoms with Gasteiger partial charge in [0, 0.05) is 55.1 Å². The van der Waals surface area contributed by atoms with Gasteiger partial charge in [0.05, 0.1) is 35.3 Å². The highest BCUT2D eigenvalue weighted by atomic mass is 35.5. The van der Waals surface area contributed by atoms with Gasteiger partial charge in [0.15, 0.2) is 11.5 Å². The first-order valence-corrected chi connectivity index (χ1v) is 18.7. The molecule has 2 heterocycles. The zero-order chi connectivity index (χ0) is 36.7. The number of hydrogen-bond donors (Lipinski definition) is 3. The largest absolute Gasteiger partial charge is 0.490 e. The highest BCUT2D eigenvalue weighted by Gasteiger charge is 2.31. The predicted molar refractivity (Wildman–Crippen MR) is 193 cm³/mol. The second-order valence-corrected chi connectivity index (χ2v) is 15.1. The molecule has 0 radical (unpaired) electrons. The minimum absolute atomic E-state index is 0.00752. The van der Waals surface area contributed by atoms with Crippen molar-refractivity contribution >= 4 is 44.9 Å². The van der Waals surface area contributed by atoms with Crippen LogP contribution in [0, 0.1) is 5.92 Å². The summed E-state index contributed by atoms with van der Waals surface area (Å²) < 4.78 is 52.4. The number of rotatable bonds is 8. The van der Waals surface area contributed by atoms with E-state index in [0.717, 1.165) is 12.8 Å². The van der Waals surface area contributed by atoms with Crippen LogP contribution in [0.25, 0.3) is 0 Å². The monoisotopic (exact) mass is 744 g/mol. The van der Waals surface area contributed by atoms with E-state index in [9.17, 15) is 23.1 Å². The van der Waals surface area contributed by atoms with Gasteiger partial charge in [-0.1, -0.05) is 18.5 Å². The van der Waals surface area contributed by atoms with Crippen LogP contribution < -0.4 is 24.2 Å². The predicted octanol–water partition coefficient (Wildman–Crippen LogP) is 5.83. The third kappa shape index (κ3) is 9.76. The Morgan fingerprint density at radius 1 is 1.02 bits per heavy atom. The highest BCUT2D eigenvalue weighted by molar-refractivity contribution is 7.92. The average molecular weight is 745 g/mol. The zero-order valence-corrected chi connectivity index (χ0v) is 30.7. The van der Waals surface area contributed by atoms with Crippen molar-refractivity contribution in [2.75, 3.05) is 50.2 Å². The maximum Gasteiger partial charge on any atom is 0.321 e. The Labute approximate surface area is 303 Å². The molecule has 0 aromatic heterocycles. The van der Waals surface area contributed by atoms with E-state index in [2.05, 4.69) is 10.0 Å². The van der Waals surface area contributed by atoms with Crippen LogP contribution >= 0.6 is 11.6 Å². The second-order valence-electron chi connectivity index (χ2n) is 12.9. The molecular weight excluding hydrogens is 700 g/mol. The summed E-state index contributed by atoms with van der Waals surface area (Å²) in [5, 5.41) is 13.5. The van der Waals surface area contributed by atoms with Crippen LogP contribution in [0.5, 0.6) is 17.2 Å². The van der Waals surface area contributed by atoms with Crippen molar-refractivity contribution in [3.63, 3.8) is 0 Å². The van der Waals surface area contributed by atoms with Gasteiger partial charge in [0.25, 0.3) is 15.9 Å². The van der Waals surface area contributed by atoms with Crippen LogP contribution in [0.1, 0.15) is 50.4 Å². The lowest BCUT2D eigenvalue weighted by Gasteiger charge is -2.35. The normalized spacial score (nSPS) is 20.4. The first kappa shape index (κ1) is 38.0. The van der Waals surface area contributed by atoms with Gasteiger partial charge in [0.2, 0.25) is 6.79 Å². The van der Waals surface area contributed by atoms with Crippen molar-refractivity contribution < 1.29 is 42.1 Å². The topological polar surface area (TPSA) is 156 Å². The molecule has 2 aliphatic heterocycles. The van der Waals surface area contributed by atoms with Gasteiger partial charge in [-0.2, -0.15) is 0 Å². The molecule has 13 nitrogen and oxygen atoms in total. The number of nitrogens with zero attached hydrogens (tertiary/aromatic N) is 2. The number of halogens is 1. The zero-order valence-electron chi connectivity index (χ0n) is 29.1. The van der Waals surface area contributed by atoms with Gasteiger partial charge >= 0.3 is 6.03 Å². The summed E-state index contributed by atoms with van der Waals surface area (Å²) >= 11 is 5.95. The Balaban J connectivity index is 1.39. The number of sulfonamides is 1. The molecule has 0 fully saturated rings. The number of carbonyl (C=O) groups is 2. The van der Waals surface area contributed by atoms with Gasteiger partial charge < -0.3 is 39.2 Å². The summed E-state index contributed by atoms with van der Waals surface area (Å²) in [5.41, 5.74) is 0.852. The lowest BCUT2D eigenvalue weighted by molar-refractivity contribution is -0.0115. The Morgan fingerprint density at radius 3 is 2.47 bits per heavy atom. The molecule has 0 saturated carbocycles. The fraction of sp³-hybridized carbons (Fsp3) is 0.444. The van der Waals surface area contributed by atoms with Crippen LogP contribution in [0.3, 0.4) is 0 Å². The van der Waals surface area contributed by atoms with Crippen LogP contribution in [-0.4, -0.2) is 93.7 Å². The van der Waals surface area contributed by atoms with Crippen molar-refractivity contribution in [1.29, 1.82) is 0 Å². The Morgan fingerprint density at radius 2 is 1.73 bits per heavy atom. The number of aliphatic hydroxyl groups is 1. The van der Waals surface area contributed by atoms with E-state index in [0.29, 0.717) is 41.0 Å². The number of benzene rings is 3. The molecule has 3 aromatic rings. The third-order valence-electron chi connectivity index (χ3n) is 8.85. The van der Waals surface area contributed by atoms with Crippen molar-refractivity contribution in [1.82, 2.24) is 9.80 Å². The molecule has 0 bridgehead atoms. The molecule has 4 atom stereocenters. The highest BCUT2D eigenvalue weighted by Crippen LogP contribution is 2.34. The van der Waals surface area contributed by atoms with Gasteiger partial charge in [-0.25, -0.2) is 13.2 Å². The Kier molecular flexibility index (Phi) is 12.6. The summed E-state index contributed by atoms with van der Waals surface area (Å²) in [6.07, 6.45) is 1.49. The third-order valence-corrected chi connectivity index (χ3v) is 10.5. The number of aliphatic hydroxyl groups excluding tert-OH is 1. The van der Waals surface area contributed by atoms with Crippen LogP contribution in [0.4, 0.5) is 16.2 Å². The molecule has 3 N–H and O–H groups in total. The number of likely N-dealkylation sites (N-methyl/N-ethyl adjacent to an activating group) is 1. The number of hydrogen-bond acceptors (Lipinski definition) is 9. The van der Waals surface area contributed by atoms with Crippen LogP contribution in [0.15, 0.2) is 65.6 Å². The molecule has 15 heteroatoms. The molecule has 2 aliphatic rings. The Hall–Kier alpha value is -4.24. The average Bonchev–Trinajstić information content (AvgIpc) is 3.57. The van der Waals surface area contributed by atoms with E-state index < -0.39 is 28.1 Å². The summed E-state index contributed by atoms with van der Waals surface area (Å²) in [4.78, 5) is 30.7. The number of carbonyl (C=O) groups excluding carboxylic acids is 2. The second kappa shape index (κ2) is 16.9. The Bertz CT molecular complexity index is 1790. The summed E-state index contributed by atoms with van der Waals surface area (Å²) in [6, 6.07) is 14.5. The molecule has 5 rings (SSSR count). The van der Waals surface area contributed by atoms with E-state index in [1.807, 2.05) is 13.8 Å². The SMILES string of the molecule is C[C@@H]1CN([C@@H](C)CO)C(=O)c2cc(NS(=O)(=O)c3ccc(Cl)cc3)ccc2O[C@@H](C)CCCCO[C@@H]1CN(C)C(=O)Nc1ccc2c(c1)OCO2. The minimum Gasteiger partial charge on any atom is -0.490 e. The van der Waals surface area contributed by atoms with Crippen molar-refractivity contribution in [2.24, 2.45) is 5.92 Å². The molecule has 0 unspecified atom stereocenters. The fourth-order valence-corrected chi connectivity index (χ4v) is 7.00. The van der Waals surface area contributed by atoms with Crippen molar-refractivity contribution in [3.8, 4) is 17.2 Å². The molecule has 3 amide bonds. The molecule has 0 spiro atoms. The first-order valence-electron chi connectivity index (χ1n) is 16.9. The minimum atomic E-state index is -4.01. The molecule has 276 valence electrons. The van der Waals surface area contributed by atoms with E-state index in [-0.39, 0.29) is 60.7 Å². The summed E-state index contributed by atoms with van der Waals surface area (Å²) in [6.45, 7) is 6.20. The first-order chi connectivity index (χ1) is 24.3. The quantitative estimate of drug-likeness (QED) is 0.258. The number of nitrogens with one attached hydrogen (secondary N) is 2. The van der Waals surface area contributed by atoms with Crippen LogP contribution in [-0.2, 0) is 14.8 Å². The van der Waals surface area contributed by atoms with Crippen molar-refractivity contribution in [3.05, 3.63) is 71.2 Å². The molecular formula is C36H45ClN4O9S. The summed E-state index contributed by atoms with van der Waals surface area (Å²) in [5.74, 6) is 0.714. The summed E-state index contributed by atoms with van der Waals surface area (Å²) in [7, 11) is -2.33. The number of urea groups is 1. The molecule has 3 aromatic carbocycles. The number of anilines is 2. The number of amides is 3. The molecule has 51 heavy (non-hydrogen) atoms. The number of ether oxygens (including phenoxy) is 4. The van der Waals surface area contributed by atoms with Gasteiger partial charge in [-0.05, 0) is 87.7 Å². The maximum absolute atomic E-state index is 14.4. The van der Waals surface area contributed by atoms with Crippen molar-refractivity contribution in [2.45, 2.75) is 63.2 Å². The lowest BCUT2D eigenvalue weighted by Crippen LogP contribution is -2.48. The fourth-order valence-electron chi connectivity index (χ4n) is 5.82. The van der Waals surface area contributed by atoms with Gasteiger partial charge in [-0.15, -0.1) is 0 Å². The van der Waals surface area contributed by atoms with Gasteiger partial charge in [-0.3, -0.25) is 9.52 Å². The molecule has 0 aliphatic carbocycles. The van der Waals surface area contributed by atoms with E-state index >= 15 is 0 Å². The number of fused-ring (bicyclic) bond motifs is 2. The molecule has 0 saturated heterocycles. The van der Waals surface area contributed by atoms with Gasteiger partial charge in [0.1, 0.15) is 5.75 Å². The van der Waals surface area contributed by atoms with E-state index in [4.69, 9.17) is 30.5 Å². The van der Waals surface area contributed by atoms with E-state index in [1.54, 1.807) is 44.3 Å².